The number of phenolic OH excluding ortho intramolecular Hbond substituents is 1. The Hall–Kier alpha value is -2.92. The zero-order valence-electron chi connectivity index (χ0n) is 20.9. The second-order valence-corrected chi connectivity index (χ2v) is 6.30. The van der Waals surface area contributed by atoms with E-state index >= 15 is 0 Å². The van der Waals surface area contributed by atoms with Crippen LogP contribution in [-0.4, -0.2) is 77.6 Å². The van der Waals surface area contributed by atoms with E-state index in [1.54, 1.807) is 12.1 Å². The van der Waals surface area contributed by atoms with Crippen LogP contribution in [0.4, 0.5) is 0 Å². The number of rotatable bonds is 5. The molecule has 0 spiro atoms. The minimum atomic E-state index is -1.18. The van der Waals surface area contributed by atoms with Crippen molar-refractivity contribution in [1.29, 1.82) is 0 Å². The van der Waals surface area contributed by atoms with Crippen LogP contribution < -0.4 is 39.8 Å². The number of hydrogen-bond donors (Lipinski definition) is 3. The van der Waals surface area contributed by atoms with Crippen LogP contribution in [0, 0.1) is 6.92 Å². The molecule has 0 bridgehead atoms. The zero-order valence-corrected chi connectivity index (χ0v) is 25.1. The third-order valence-electron chi connectivity index (χ3n) is 3.69. The maximum atomic E-state index is 11.2. The average Bonchev–Trinajstić information content (AvgIpc) is 2.84. The van der Waals surface area contributed by atoms with E-state index in [1.807, 2.05) is 0 Å². The molecule has 190 valence electrons. The van der Waals surface area contributed by atoms with Gasteiger partial charge < -0.3 is 30.3 Å². The molecule has 0 heterocycles. The van der Waals surface area contributed by atoms with Gasteiger partial charge in [-0.05, 0) is 24.3 Å². The number of aromatic hydroxyl groups is 1. The molecule has 0 amide bonds. The molecule has 0 atom stereocenters. The van der Waals surface area contributed by atoms with Crippen LogP contribution in [0.1, 0.15) is 31.1 Å². The van der Waals surface area contributed by atoms with Crippen LogP contribution >= 0.6 is 0 Å². The molecule has 0 aliphatic rings. The Morgan fingerprint density at radius 1 is 0.789 bits per heavy atom. The van der Waals surface area contributed by atoms with Crippen molar-refractivity contribution in [3.05, 3.63) is 122 Å². The van der Waals surface area contributed by atoms with Crippen LogP contribution in [0.3, 0.4) is 0 Å². The minimum Gasteiger partial charge on any atom is -0.872 e. The second-order valence-electron chi connectivity index (χ2n) is 6.30. The predicted octanol–water partition coefficient (Wildman–Crippen LogP) is 0.281. The van der Waals surface area contributed by atoms with Gasteiger partial charge in [-0.1, -0.05) is 72.7 Å². The molecule has 0 unspecified atom stereocenters. The summed E-state index contributed by atoms with van der Waals surface area (Å²) in [6.45, 7) is 10.1. The number of allylic oxidation sites excluding steroid dienone is 1. The number of carbonyl (C=O) groups is 3. The fourth-order valence-electron chi connectivity index (χ4n) is 2.15. The van der Waals surface area contributed by atoms with Crippen molar-refractivity contribution in [2.75, 3.05) is 6.61 Å². The standard InChI is InChI=1S/C10H10O3.2C7H6O3.C3H5.Ca.Na/c1-2-7-13-10(12)8-5-3-4-6-9(8)11;2*8-6-4-2-1-3-5(6)7(9)10;1-3-2;;/h2-6,11H,1,7H2;2*1-4,8H,(H,9,10);3H,1-2H2;;/q;;;-1;+2;+1/p-2. The molecule has 0 aliphatic heterocycles. The van der Waals surface area contributed by atoms with Crippen LogP contribution in [0.2, 0.25) is 0 Å². The summed E-state index contributed by atoms with van der Waals surface area (Å²) in [5, 5.41) is 47.3. The van der Waals surface area contributed by atoms with Gasteiger partial charge in [0.2, 0.25) is 0 Å². The first kappa shape index (κ1) is 39.6. The number of esters is 1. The maximum Gasteiger partial charge on any atom is 2.00 e. The van der Waals surface area contributed by atoms with Crippen molar-refractivity contribution in [3.63, 3.8) is 0 Å². The molecule has 9 nitrogen and oxygen atoms in total. The average molecular weight is 557 g/mol. The summed E-state index contributed by atoms with van der Waals surface area (Å²) < 4.78 is 4.74. The van der Waals surface area contributed by atoms with E-state index in [2.05, 4.69) is 20.1 Å². The van der Waals surface area contributed by atoms with Gasteiger partial charge in [0.05, 0.1) is 11.1 Å². The topological polar surface area (TPSA) is 167 Å². The number of aromatic carboxylic acids is 2. The van der Waals surface area contributed by atoms with Crippen LogP contribution in [0.25, 0.3) is 0 Å². The molecule has 3 aromatic rings. The predicted molar refractivity (Wildman–Crippen MR) is 136 cm³/mol. The molecular weight excluding hydrogens is 531 g/mol. The normalized spacial score (nSPS) is 8.32. The van der Waals surface area contributed by atoms with E-state index in [0.717, 1.165) is 0 Å². The first-order chi connectivity index (χ1) is 17.1. The van der Waals surface area contributed by atoms with Gasteiger partial charge in [0.25, 0.3) is 0 Å². The molecule has 0 fully saturated rings. The number of carboxylic acid groups (broad SMARTS) is 2. The summed E-state index contributed by atoms with van der Waals surface area (Å²) in [5.41, 5.74) is -0.186. The van der Waals surface area contributed by atoms with Crippen LogP contribution in [0.5, 0.6) is 17.2 Å². The monoisotopic (exact) mass is 556 g/mol. The van der Waals surface area contributed by atoms with Crippen molar-refractivity contribution < 1.29 is 74.2 Å². The number of ether oxygens (including phenoxy) is 1. The number of para-hydroxylation sites is 3. The fourth-order valence-corrected chi connectivity index (χ4v) is 2.15. The summed E-state index contributed by atoms with van der Waals surface area (Å²) in [7, 11) is 0. The number of phenols is 1. The van der Waals surface area contributed by atoms with Gasteiger partial charge in [-0.3, -0.25) is 0 Å². The number of carboxylic acids is 2. The molecule has 38 heavy (non-hydrogen) atoms. The third kappa shape index (κ3) is 16.0. The zero-order chi connectivity index (χ0) is 27.5. The van der Waals surface area contributed by atoms with Crippen molar-refractivity contribution >= 4 is 55.6 Å². The number of carbonyl (C=O) groups excluding carboxylic acids is 1. The van der Waals surface area contributed by atoms with Gasteiger partial charge in [0.1, 0.15) is 17.9 Å². The third-order valence-corrected chi connectivity index (χ3v) is 3.69. The molecule has 3 rings (SSSR count). The summed E-state index contributed by atoms with van der Waals surface area (Å²) in [5.74, 6) is -3.87. The summed E-state index contributed by atoms with van der Waals surface area (Å²) in [6, 6.07) is 17.3. The van der Waals surface area contributed by atoms with E-state index in [0.29, 0.717) is 0 Å². The van der Waals surface area contributed by atoms with E-state index in [4.69, 9.17) is 14.9 Å². The summed E-state index contributed by atoms with van der Waals surface area (Å²) >= 11 is 0. The van der Waals surface area contributed by atoms with Crippen LogP contribution in [0.15, 0.2) is 98.1 Å². The van der Waals surface area contributed by atoms with Gasteiger partial charge in [-0.15, -0.1) is 0 Å². The van der Waals surface area contributed by atoms with Gasteiger partial charge in [0, 0.05) is 0 Å². The Morgan fingerprint density at radius 2 is 1.13 bits per heavy atom. The Balaban J connectivity index is -0.000000452. The molecule has 11 heteroatoms. The molecule has 3 N–H and O–H groups in total. The summed E-state index contributed by atoms with van der Waals surface area (Å²) in [6.07, 6.45) is 2.97. The Morgan fingerprint density at radius 3 is 1.42 bits per heavy atom. The largest absolute Gasteiger partial charge is 2.00 e. The van der Waals surface area contributed by atoms with Crippen molar-refractivity contribution in [2.24, 2.45) is 0 Å². The molecule has 3 aromatic carbocycles. The number of benzene rings is 3. The minimum absolute atomic E-state index is 0. The first-order valence-corrected chi connectivity index (χ1v) is 10.0. The molecule has 0 aliphatic carbocycles. The Bertz CT molecular complexity index is 1110. The van der Waals surface area contributed by atoms with Crippen LogP contribution in [-0.2, 0) is 4.74 Å². The first-order valence-electron chi connectivity index (χ1n) is 10.0. The SMILES string of the molecule is C=CCOC(=O)c1ccccc1O.C=C[CH2-].O=C(O)c1ccccc1[O-].O=C(O)c1ccccc1[O-].[Ca+2].[Na+]. The van der Waals surface area contributed by atoms with E-state index < -0.39 is 29.4 Å². The van der Waals surface area contributed by atoms with E-state index in [1.165, 1.54) is 72.8 Å². The van der Waals surface area contributed by atoms with E-state index in [9.17, 15) is 29.7 Å². The molecule has 0 saturated heterocycles. The number of hydrogen-bond acceptors (Lipinski definition) is 7. The Labute approximate surface area is 273 Å². The molecular formula is C27H25CaNaO9. The smallest absolute Gasteiger partial charge is 0.872 e. The van der Waals surface area contributed by atoms with Crippen molar-refractivity contribution in [2.45, 2.75) is 0 Å². The van der Waals surface area contributed by atoms with Gasteiger partial charge in [-0.2, -0.15) is 0 Å². The van der Waals surface area contributed by atoms with Crippen molar-refractivity contribution in [3.8, 4) is 17.2 Å². The second kappa shape index (κ2) is 23.2. The molecule has 0 saturated carbocycles. The maximum absolute atomic E-state index is 11.2. The van der Waals surface area contributed by atoms with Crippen molar-refractivity contribution in [1.82, 2.24) is 0 Å². The van der Waals surface area contributed by atoms with Gasteiger partial charge in [-0.25, -0.2) is 34.0 Å². The Kier molecular flexibility index (Phi) is 24.2. The van der Waals surface area contributed by atoms with E-state index in [-0.39, 0.29) is 96.3 Å². The fraction of sp³-hybridized carbons (Fsp3) is 0.0370. The quantitative estimate of drug-likeness (QED) is 0.173. The molecule has 0 aromatic heterocycles. The van der Waals surface area contributed by atoms with Gasteiger partial charge >= 0.3 is 85.2 Å². The summed E-state index contributed by atoms with van der Waals surface area (Å²) in [4.78, 5) is 31.6. The van der Waals surface area contributed by atoms with Gasteiger partial charge in [0.15, 0.2) is 0 Å². The molecule has 0 radical (unpaired) electrons.